The lowest BCUT2D eigenvalue weighted by atomic mass is 9.65. The molecule has 2 aliphatic carbocycles. The summed E-state index contributed by atoms with van der Waals surface area (Å²) < 4.78 is 42.2. The van der Waals surface area contributed by atoms with Crippen LogP contribution in [0, 0.1) is 22.7 Å². The van der Waals surface area contributed by atoms with Crippen LogP contribution < -0.4 is 0 Å². The molecule has 42 heavy (non-hydrogen) atoms. The van der Waals surface area contributed by atoms with Crippen molar-refractivity contribution in [2.75, 3.05) is 54.9 Å². The Bertz CT molecular complexity index is 933. The third kappa shape index (κ3) is 7.01. The van der Waals surface area contributed by atoms with Gasteiger partial charge in [0.1, 0.15) is 6.29 Å². The van der Waals surface area contributed by atoms with E-state index in [1.54, 1.807) is 6.08 Å². The zero-order valence-electron chi connectivity index (χ0n) is 24.8. The van der Waals surface area contributed by atoms with Crippen molar-refractivity contribution >= 4 is 30.2 Å². The summed E-state index contributed by atoms with van der Waals surface area (Å²) in [6.07, 6.45) is 4.53. The Labute approximate surface area is 245 Å². The van der Waals surface area contributed by atoms with Gasteiger partial charge in [-0.3, -0.25) is 19.2 Å². The fourth-order valence-electron chi connectivity index (χ4n) is 6.92. The molecular weight excluding hydrogens is 556 g/mol. The molecule has 13 nitrogen and oxygen atoms in total. The minimum Gasteiger partial charge on any atom is -0.469 e. The molecule has 2 saturated heterocycles. The molecule has 4 aliphatic rings. The molecule has 2 saturated carbocycles. The summed E-state index contributed by atoms with van der Waals surface area (Å²) in [6.45, 7) is 5.42. The topological polar surface area (TPSA) is 159 Å². The quantitative estimate of drug-likeness (QED) is 0.173. The highest BCUT2D eigenvalue weighted by Gasteiger charge is 2.58. The molecule has 0 aromatic heterocycles. The molecule has 2 spiro atoms. The Kier molecular flexibility index (Phi) is 11.3. The van der Waals surface area contributed by atoms with Crippen molar-refractivity contribution in [2.45, 2.75) is 62.9 Å². The zero-order chi connectivity index (χ0) is 31.0. The van der Waals surface area contributed by atoms with Crippen LogP contribution in [0.15, 0.2) is 12.7 Å². The summed E-state index contributed by atoms with van der Waals surface area (Å²) in [7, 11) is 5.24. The Hall–Kier alpha value is -2.87. The number of esters is 4. The minimum absolute atomic E-state index is 0.0400. The van der Waals surface area contributed by atoms with E-state index in [2.05, 4.69) is 6.58 Å². The van der Waals surface area contributed by atoms with Crippen LogP contribution in [0.3, 0.4) is 0 Å². The highest BCUT2D eigenvalue weighted by Crippen LogP contribution is 2.52. The molecule has 4 atom stereocenters. The van der Waals surface area contributed by atoms with Crippen LogP contribution in [0.1, 0.15) is 51.4 Å². The van der Waals surface area contributed by atoms with Crippen LogP contribution in [0.2, 0.25) is 0 Å². The normalized spacial score (nSPS) is 30.9. The van der Waals surface area contributed by atoms with Crippen molar-refractivity contribution in [3.05, 3.63) is 12.7 Å². The third-order valence-corrected chi connectivity index (χ3v) is 8.55. The molecule has 4 fully saturated rings. The molecule has 4 rings (SSSR count). The Morgan fingerprint density at radius 1 is 0.667 bits per heavy atom. The molecule has 2 heterocycles. The number of hydrogen-bond acceptors (Lipinski definition) is 13. The number of hydrogen-bond donors (Lipinski definition) is 0. The van der Waals surface area contributed by atoms with Crippen molar-refractivity contribution in [1.29, 1.82) is 0 Å². The van der Waals surface area contributed by atoms with Gasteiger partial charge in [-0.1, -0.05) is 6.08 Å². The van der Waals surface area contributed by atoms with Crippen LogP contribution in [0.25, 0.3) is 0 Å². The van der Waals surface area contributed by atoms with E-state index in [0.717, 1.165) is 0 Å². The Morgan fingerprint density at radius 3 is 1.36 bits per heavy atom. The minimum atomic E-state index is -1.11. The second kappa shape index (κ2) is 14.1. The van der Waals surface area contributed by atoms with Crippen molar-refractivity contribution in [3.8, 4) is 0 Å². The Morgan fingerprint density at radius 2 is 1.05 bits per heavy atom. The number of aldehydes is 1. The van der Waals surface area contributed by atoms with Gasteiger partial charge in [-0.05, 0) is 19.3 Å². The van der Waals surface area contributed by atoms with Gasteiger partial charge in [0.15, 0.2) is 11.6 Å². The van der Waals surface area contributed by atoms with Gasteiger partial charge in [-0.25, -0.2) is 0 Å². The standard InChI is InChI=1S/C15H22O6.C14H20O7/c1-4-5-14(13(17)19-3)8-11(12(16)18-2)9-15(10-14)20-6-7-21-15;1-18-11(16)10-7-13(3-4-15,12(17)19-2)9-14(8-10)20-5-6-21-14/h4,11H,1,5-10H2,2-3H3;4,10H,3,5-9H2,1-2H3. The van der Waals surface area contributed by atoms with E-state index in [1.165, 1.54) is 28.4 Å². The van der Waals surface area contributed by atoms with Crippen molar-refractivity contribution in [2.24, 2.45) is 22.7 Å². The first kappa shape index (κ1) is 33.6. The number of methoxy groups -OCH3 is 4. The van der Waals surface area contributed by atoms with E-state index in [-0.39, 0.29) is 31.2 Å². The van der Waals surface area contributed by atoms with Gasteiger partial charge < -0.3 is 42.7 Å². The highest BCUT2D eigenvalue weighted by molar-refractivity contribution is 5.82. The first-order chi connectivity index (χ1) is 20.0. The van der Waals surface area contributed by atoms with Crippen LogP contribution in [0.4, 0.5) is 0 Å². The molecular formula is C29H42O13. The van der Waals surface area contributed by atoms with Crippen LogP contribution in [-0.4, -0.2) is 96.6 Å². The Balaban J connectivity index is 0.000000230. The van der Waals surface area contributed by atoms with Crippen molar-refractivity contribution in [1.82, 2.24) is 0 Å². The fourth-order valence-corrected chi connectivity index (χ4v) is 6.92. The van der Waals surface area contributed by atoms with E-state index < -0.39 is 46.2 Å². The van der Waals surface area contributed by atoms with E-state index in [0.29, 0.717) is 64.8 Å². The summed E-state index contributed by atoms with van der Waals surface area (Å²) in [5.41, 5.74) is -1.98. The maximum absolute atomic E-state index is 12.3. The smallest absolute Gasteiger partial charge is 0.312 e. The number of ether oxygens (including phenoxy) is 8. The molecule has 2 aliphatic heterocycles. The number of allylic oxidation sites excluding steroid dienone is 1. The highest BCUT2D eigenvalue weighted by atomic mass is 16.7. The zero-order valence-corrected chi connectivity index (χ0v) is 24.8. The van der Waals surface area contributed by atoms with Gasteiger partial charge >= 0.3 is 23.9 Å². The maximum Gasteiger partial charge on any atom is 0.312 e. The van der Waals surface area contributed by atoms with Crippen molar-refractivity contribution < 1.29 is 61.9 Å². The van der Waals surface area contributed by atoms with Crippen LogP contribution in [-0.2, 0) is 61.9 Å². The van der Waals surface area contributed by atoms with Gasteiger partial charge in [0.25, 0.3) is 0 Å². The lowest BCUT2D eigenvalue weighted by Crippen LogP contribution is -2.51. The average molecular weight is 599 g/mol. The average Bonchev–Trinajstić information content (AvgIpc) is 3.64. The second-order valence-electron chi connectivity index (χ2n) is 11.2. The van der Waals surface area contributed by atoms with E-state index in [4.69, 9.17) is 37.9 Å². The molecule has 0 radical (unpaired) electrons. The predicted octanol–water partition coefficient (Wildman–Crippen LogP) is 1.89. The van der Waals surface area contributed by atoms with E-state index in [9.17, 15) is 24.0 Å². The lowest BCUT2D eigenvalue weighted by molar-refractivity contribution is -0.223. The summed E-state index contributed by atoms with van der Waals surface area (Å²) in [5, 5.41) is 0. The van der Waals surface area contributed by atoms with Crippen LogP contribution in [0.5, 0.6) is 0 Å². The molecule has 0 N–H and O–H groups in total. The van der Waals surface area contributed by atoms with E-state index in [1.807, 2.05) is 0 Å². The fraction of sp³-hybridized carbons (Fsp3) is 0.759. The molecule has 236 valence electrons. The van der Waals surface area contributed by atoms with Crippen LogP contribution >= 0.6 is 0 Å². The van der Waals surface area contributed by atoms with Gasteiger partial charge in [0.05, 0.1) is 77.5 Å². The first-order valence-corrected chi connectivity index (χ1v) is 13.9. The summed E-state index contributed by atoms with van der Waals surface area (Å²) >= 11 is 0. The summed E-state index contributed by atoms with van der Waals surface area (Å²) in [4.78, 5) is 59.6. The lowest BCUT2D eigenvalue weighted by Gasteiger charge is -2.45. The second-order valence-corrected chi connectivity index (χ2v) is 11.2. The first-order valence-electron chi connectivity index (χ1n) is 13.9. The van der Waals surface area contributed by atoms with Gasteiger partial charge in [0.2, 0.25) is 0 Å². The molecule has 0 aromatic carbocycles. The number of rotatable bonds is 8. The van der Waals surface area contributed by atoms with Crippen molar-refractivity contribution in [3.63, 3.8) is 0 Å². The summed E-state index contributed by atoms with van der Waals surface area (Å²) in [5.74, 6) is -4.64. The number of carbonyl (C=O) groups is 5. The predicted molar refractivity (Wildman–Crippen MR) is 142 cm³/mol. The van der Waals surface area contributed by atoms with E-state index >= 15 is 0 Å². The van der Waals surface area contributed by atoms with Gasteiger partial charge in [-0.15, -0.1) is 6.58 Å². The summed E-state index contributed by atoms with van der Waals surface area (Å²) in [6, 6.07) is 0. The molecule has 0 aromatic rings. The molecule has 13 heteroatoms. The molecule has 0 amide bonds. The van der Waals surface area contributed by atoms with Gasteiger partial charge in [0, 0.05) is 32.1 Å². The monoisotopic (exact) mass is 598 g/mol. The molecule has 4 unspecified atom stereocenters. The SMILES string of the molecule is C=CCC1(C(=O)OC)CC(C(=O)OC)CC2(C1)OCCO2.COC(=O)C1CC2(CC(CC=O)(C(=O)OC)C1)OCCO2. The largest absolute Gasteiger partial charge is 0.469 e. The van der Waals surface area contributed by atoms with Gasteiger partial charge in [-0.2, -0.15) is 0 Å². The third-order valence-electron chi connectivity index (χ3n) is 8.55. The molecule has 0 bridgehead atoms. The number of carbonyl (C=O) groups excluding carboxylic acids is 5. The maximum atomic E-state index is 12.3.